The first-order valence-corrected chi connectivity index (χ1v) is 17.9. The maximum atomic E-state index is 6.68. The fraction of sp³-hybridized carbons (Fsp3) is 0. The van der Waals surface area contributed by atoms with Crippen molar-refractivity contribution in [3.05, 3.63) is 170 Å². The van der Waals surface area contributed by atoms with Gasteiger partial charge in [0.1, 0.15) is 11.5 Å². The van der Waals surface area contributed by atoms with Gasteiger partial charge in [-0.1, -0.05) is 115 Å². The van der Waals surface area contributed by atoms with Gasteiger partial charge in [-0.15, -0.1) is 0 Å². The van der Waals surface area contributed by atoms with Gasteiger partial charge in [0.2, 0.25) is 5.95 Å². The summed E-state index contributed by atoms with van der Waals surface area (Å²) in [5.74, 6) is 2.32. The lowest BCUT2D eigenvalue weighted by Gasteiger charge is -2.21. The Morgan fingerprint density at radius 3 is 1.94 bits per heavy atom. The molecule has 0 saturated carbocycles. The quantitative estimate of drug-likeness (QED) is 0.187. The Morgan fingerprint density at radius 1 is 0.396 bits per heavy atom. The maximum absolute atomic E-state index is 6.68. The molecule has 53 heavy (non-hydrogen) atoms. The Bertz CT molecular complexity index is 3310. The summed E-state index contributed by atoms with van der Waals surface area (Å²) in [7, 11) is 0. The van der Waals surface area contributed by atoms with Crippen molar-refractivity contribution in [2.75, 3.05) is 0 Å². The summed E-state index contributed by atoms with van der Waals surface area (Å²) < 4.78 is 11.2. The van der Waals surface area contributed by atoms with Crippen LogP contribution in [-0.2, 0) is 0 Å². The third-order valence-electron chi connectivity index (χ3n) is 10.9. The van der Waals surface area contributed by atoms with Crippen molar-refractivity contribution in [2.24, 2.45) is 0 Å². The molecule has 0 unspecified atom stereocenters. The van der Waals surface area contributed by atoms with Crippen LogP contribution in [0.25, 0.3) is 99.3 Å². The number of hydrogen-bond donors (Lipinski definition) is 0. The third kappa shape index (κ3) is 3.96. The zero-order valence-corrected chi connectivity index (χ0v) is 28.4. The summed E-state index contributed by atoms with van der Waals surface area (Å²) in [6, 6.07) is 59.9. The molecule has 0 radical (unpaired) electrons. The van der Waals surface area contributed by atoms with Crippen LogP contribution in [0, 0.1) is 0 Å². The SMILES string of the molecule is c1ccc(-n2c3ccccc3c3c(-c4nc(-n5c6ccccc6c6cc7c(cc65)Oc5cccc6cccc-7c56)nc5ccccc45)cccc32)cc1. The van der Waals surface area contributed by atoms with E-state index in [4.69, 9.17) is 14.7 Å². The fourth-order valence-corrected chi connectivity index (χ4v) is 8.68. The molecule has 3 aromatic heterocycles. The van der Waals surface area contributed by atoms with Gasteiger partial charge in [0.15, 0.2) is 0 Å². The second kappa shape index (κ2) is 10.6. The summed E-state index contributed by atoms with van der Waals surface area (Å²) in [5.41, 5.74) is 10.6. The Morgan fingerprint density at radius 2 is 1.08 bits per heavy atom. The van der Waals surface area contributed by atoms with Crippen LogP contribution in [-0.4, -0.2) is 19.1 Å². The summed E-state index contributed by atoms with van der Waals surface area (Å²) in [5, 5.41) is 7.95. The van der Waals surface area contributed by atoms with Crippen molar-refractivity contribution in [3.63, 3.8) is 0 Å². The lowest BCUT2D eigenvalue weighted by atomic mass is 9.93. The molecule has 0 saturated heterocycles. The van der Waals surface area contributed by atoms with E-state index in [9.17, 15) is 0 Å². The Labute approximate surface area is 303 Å². The Hall–Kier alpha value is -7.24. The monoisotopic (exact) mass is 676 g/mol. The molecule has 12 rings (SSSR count). The molecule has 246 valence electrons. The number of para-hydroxylation sites is 4. The van der Waals surface area contributed by atoms with Crippen LogP contribution in [0.2, 0.25) is 0 Å². The molecule has 0 fully saturated rings. The Balaban J connectivity index is 1.16. The summed E-state index contributed by atoms with van der Waals surface area (Å²) >= 11 is 0. The highest BCUT2D eigenvalue weighted by atomic mass is 16.5. The van der Waals surface area contributed by atoms with Gasteiger partial charge in [-0.25, -0.2) is 9.97 Å². The summed E-state index contributed by atoms with van der Waals surface area (Å²) in [6.07, 6.45) is 0. The predicted molar refractivity (Wildman–Crippen MR) is 217 cm³/mol. The average Bonchev–Trinajstić information content (AvgIpc) is 3.73. The van der Waals surface area contributed by atoms with E-state index in [0.29, 0.717) is 5.95 Å². The van der Waals surface area contributed by atoms with E-state index >= 15 is 0 Å². The Kier molecular flexibility index (Phi) is 5.71. The molecule has 5 heteroatoms. The van der Waals surface area contributed by atoms with Crippen LogP contribution >= 0.6 is 0 Å². The van der Waals surface area contributed by atoms with Crippen molar-refractivity contribution in [1.82, 2.24) is 19.1 Å². The van der Waals surface area contributed by atoms with Gasteiger partial charge in [0, 0.05) is 55.2 Å². The van der Waals surface area contributed by atoms with Crippen LogP contribution < -0.4 is 4.74 Å². The van der Waals surface area contributed by atoms with Crippen molar-refractivity contribution in [3.8, 4) is 45.5 Å². The second-order valence-corrected chi connectivity index (χ2v) is 13.8. The molecule has 1 aliphatic rings. The number of benzene rings is 8. The first kappa shape index (κ1) is 28.5. The molecule has 0 atom stereocenters. The zero-order valence-electron chi connectivity index (χ0n) is 28.4. The van der Waals surface area contributed by atoms with E-state index in [-0.39, 0.29) is 0 Å². The standard InChI is InChI=1S/C48H28N4O/c1-2-15-30(16-3-1)51-40-24-9-6-19-34(40)46-35(21-12-25-41(46)51)47-33-18-4-7-22-38(33)49-48(50-47)52-39-23-8-5-17-31(39)36-27-37-32-20-10-13-29-14-11-26-43(45(29)32)53-44(37)28-42(36)52/h1-28H. The van der Waals surface area contributed by atoms with Crippen molar-refractivity contribution >= 4 is 65.3 Å². The topological polar surface area (TPSA) is 44.9 Å². The van der Waals surface area contributed by atoms with E-state index < -0.39 is 0 Å². The van der Waals surface area contributed by atoms with Crippen molar-refractivity contribution in [1.29, 1.82) is 0 Å². The number of nitrogens with zero attached hydrogens (tertiary/aromatic N) is 4. The molecule has 0 spiro atoms. The van der Waals surface area contributed by atoms with Gasteiger partial charge in [-0.05, 0) is 59.5 Å². The zero-order chi connectivity index (χ0) is 34.6. The molecule has 0 amide bonds. The van der Waals surface area contributed by atoms with Crippen LogP contribution in [0.1, 0.15) is 0 Å². The van der Waals surface area contributed by atoms with E-state index in [1.807, 2.05) is 0 Å². The highest BCUT2D eigenvalue weighted by Gasteiger charge is 2.25. The van der Waals surface area contributed by atoms with Gasteiger partial charge < -0.3 is 9.30 Å². The molecule has 1 aliphatic heterocycles. The molecule has 5 nitrogen and oxygen atoms in total. The van der Waals surface area contributed by atoms with Gasteiger partial charge >= 0.3 is 0 Å². The smallest absolute Gasteiger partial charge is 0.235 e. The molecule has 11 aromatic rings. The summed E-state index contributed by atoms with van der Waals surface area (Å²) in [4.78, 5) is 10.8. The van der Waals surface area contributed by atoms with E-state index in [2.05, 4.69) is 179 Å². The average molecular weight is 677 g/mol. The van der Waals surface area contributed by atoms with Crippen LogP contribution in [0.4, 0.5) is 0 Å². The molecule has 0 bridgehead atoms. The van der Waals surface area contributed by atoms with Gasteiger partial charge in [-0.3, -0.25) is 4.57 Å². The number of aromatic nitrogens is 4. The van der Waals surface area contributed by atoms with E-state index in [0.717, 1.165) is 83.1 Å². The number of fused-ring (bicyclic) bond motifs is 9. The maximum Gasteiger partial charge on any atom is 0.235 e. The molecule has 8 aromatic carbocycles. The van der Waals surface area contributed by atoms with Crippen LogP contribution in [0.15, 0.2) is 170 Å². The summed E-state index contributed by atoms with van der Waals surface area (Å²) in [6.45, 7) is 0. The molecular weight excluding hydrogens is 649 g/mol. The fourth-order valence-electron chi connectivity index (χ4n) is 8.68. The van der Waals surface area contributed by atoms with Crippen LogP contribution in [0.5, 0.6) is 11.5 Å². The minimum Gasteiger partial charge on any atom is -0.456 e. The molecule has 4 heterocycles. The highest BCUT2D eigenvalue weighted by Crippen LogP contribution is 2.49. The van der Waals surface area contributed by atoms with E-state index in [1.54, 1.807) is 0 Å². The number of rotatable bonds is 3. The second-order valence-electron chi connectivity index (χ2n) is 13.8. The molecule has 0 N–H and O–H groups in total. The minimum absolute atomic E-state index is 0.618. The van der Waals surface area contributed by atoms with Crippen molar-refractivity contribution < 1.29 is 4.74 Å². The third-order valence-corrected chi connectivity index (χ3v) is 10.9. The van der Waals surface area contributed by atoms with Gasteiger partial charge in [0.05, 0.1) is 33.3 Å². The van der Waals surface area contributed by atoms with E-state index in [1.165, 1.54) is 21.7 Å². The minimum atomic E-state index is 0.618. The normalized spacial score (nSPS) is 12.3. The first-order chi connectivity index (χ1) is 26.3. The van der Waals surface area contributed by atoms with Crippen LogP contribution in [0.3, 0.4) is 0 Å². The van der Waals surface area contributed by atoms with Gasteiger partial charge in [0.25, 0.3) is 0 Å². The number of hydrogen-bond acceptors (Lipinski definition) is 3. The first-order valence-electron chi connectivity index (χ1n) is 17.9. The predicted octanol–water partition coefficient (Wildman–Crippen LogP) is 12.4. The van der Waals surface area contributed by atoms with Gasteiger partial charge in [-0.2, -0.15) is 0 Å². The lowest BCUT2D eigenvalue weighted by molar-refractivity contribution is 0.487. The molecular formula is C48H28N4O. The molecule has 0 aliphatic carbocycles. The number of ether oxygens (including phenoxy) is 1. The largest absolute Gasteiger partial charge is 0.456 e. The lowest BCUT2D eigenvalue weighted by Crippen LogP contribution is -2.04. The highest BCUT2D eigenvalue weighted by molar-refractivity contribution is 6.18. The van der Waals surface area contributed by atoms with Crippen molar-refractivity contribution in [2.45, 2.75) is 0 Å².